The highest BCUT2D eigenvalue weighted by Gasteiger charge is 2.10. The Hall–Kier alpha value is -1.51. The lowest BCUT2D eigenvalue weighted by molar-refractivity contribution is -0.107. The lowest BCUT2D eigenvalue weighted by Gasteiger charge is -2.12. The van der Waals surface area contributed by atoms with E-state index in [0.29, 0.717) is 17.9 Å². The maximum absolute atomic E-state index is 10.4. The second kappa shape index (κ2) is 4.65. The highest BCUT2D eigenvalue weighted by molar-refractivity contribution is 5.60. The van der Waals surface area contributed by atoms with Crippen LogP contribution >= 0.6 is 0 Å². The first-order valence-corrected chi connectivity index (χ1v) is 4.38. The van der Waals surface area contributed by atoms with Crippen LogP contribution in [0.3, 0.4) is 0 Å². The molecule has 14 heavy (non-hydrogen) atoms. The maximum Gasteiger partial charge on any atom is 0.163 e. The predicted molar refractivity (Wildman–Crippen MR) is 54.1 cm³/mol. The van der Waals surface area contributed by atoms with Gasteiger partial charge in [0, 0.05) is 6.42 Å². The molecule has 0 saturated carbocycles. The summed E-state index contributed by atoms with van der Waals surface area (Å²) < 4.78 is 10.3. The van der Waals surface area contributed by atoms with Crippen LogP contribution in [0.15, 0.2) is 12.1 Å². The average Bonchev–Trinajstić information content (AvgIpc) is 2.21. The van der Waals surface area contributed by atoms with Gasteiger partial charge < -0.3 is 14.3 Å². The third-order valence-electron chi connectivity index (χ3n) is 2.21. The zero-order valence-corrected chi connectivity index (χ0v) is 8.66. The largest absolute Gasteiger partial charge is 0.493 e. The van der Waals surface area contributed by atoms with Crippen molar-refractivity contribution in [2.45, 2.75) is 13.3 Å². The van der Waals surface area contributed by atoms with E-state index in [4.69, 9.17) is 9.47 Å². The lowest BCUT2D eigenvalue weighted by atomic mass is 10.0. The van der Waals surface area contributed by atoms with Gasteiger partial charge in [0.1, 0.15) is 6.29 Å². The molecule has 0 aliphatic heterocycles. The van der Waals surface area contributed by atoms with Gasteiger partial charge >= 0.3 is 0 Å². The van der Waals surface area contributed by atoms with E-state index in [0.717, 1.165) is 17.4 Å². The molecule has 3 nitrogen and oxygen atoms in total. The van der Waals surface area contributed by atoms with Crippen LogP contribution in [0.2, 0.25) is 0 Å². The smallest absolute Gasteiger partial charge is 0.163 e. The summed E-state index contributed by atoms with van der Waals surface area (Å²) in [5.74, 6) is 1.39. The number of ether oxygens (including phenoxy) is 2. The van der Waals surface area contributed by atoms with Crippen molar-refractivity contribution in [2.75, 3.05) is 14.2 Å². The van der Waals surface area contributed by atoms with Gasteiger partial charge in [-0.3, -0.25) is 0 Å². The molecule has 0 aromatic heterocycles. The van der Waals surface area contributed by atoms with Crippen LogP contribution in [-0.2, 0) is 11.2 Å². The van der Waals surface area contributed by atoms with Crippen molar-refractivity contribution in [3.05, 3.63) is 23.3 Å². The van der Waals surface area contributed by atoms with E-state index in [1.807, 2.05) is 19.1 Å². The Morgan fingerprint density at radius 3 is 2.50 bits per heavy atom. The van der Waals surface area contributed by atoms with Crippen LogP contribution in [0.1, 0.15) is 11.1 Å². The first kappa shape index (κ1) is 10.6. The topological polar surface area (TPSA) is 35.5 Å². The zero-order chi connectivity index (χ0) is 10.6. The van der Waals surface area contributed by atoms with Crippen LogP contribution in [0, 0.1) is 6.92 Å². The van der Waals surface area contributed by atoms with Crippen LogP contribution in [0.25, 0.3) is 0 Å². The number of carbonyl (C=O) groups excluding carboxylic acids is 1. The van der Waals surface area contributed by atoms with Crippen molar-refractivity contribution in [3.8, 4) is 11.5 Å². The Morgan fingerprint density at radius 2 is 2.00 bits per heavy atom. The fourth-order valence-corrected chi connectivity index (χ4v) is 1.43. The summed E-state index contributed by atoms with van der Waals surface area (Å²) in [7, 11) is 3.19. The molecule has 0 N–H and O–H groups in total. The fraction of sp³-hybridized carbons (Fsp3) is 0.364. The molecule has 0 heterocycles. The minimum absolute atomic E-state index is 0.409. The monoisotopic (exact) mass is 194 g/mol. The molecule has 0 spiro atoms. The SMILES string of the molecule is COc1ccc(CC=O)c(C)c1OC. The van der Waals surface area contributed by atoms with Crippen molar-refractivity contribution in [3.63, 3.8) is 0 Å². The van der Waals surface area contributed by atoms with Crippen LogP contribution in [-0.4, -0.2) is 20.5 Å². The Bertz CT molecular complexity index is 332. The molecule has 0 fully saturated rings. The van der Waals surface area contributed by atoms with E-state index in [2.05, 4.69) is 0 Å². The van der Waals surface area contributed by atoms with E-state index in [1.165, 1.54) is 0 Å². The van der Waals surface area contributed by atoms with Gasteiger partial charge in [-0.25, -0.2) is 0 Å². The van der Waals surface area contributed by atoms with E-state index < -0.39 is 0 Å². The van der Waals surface area contributed by atoms with Crippen LogP contribution in [0.5, 0.6) is 11.5 Å². The third-order valence-corrected chi connectivity index (χ3v) is 2.21. The molecular formula is C11H14O3. The van der Waals surface area contributed by atoms with Gasteiger partial charge in [0.25, 0.3) is 0 Å². The van der Waals surface area contributed by atoms with Gasteiger partial charge in [0.15, 0.2) is 11.5 Å². The second-order valence-corrected chi connectivity index (χ2v) is 2.96. The molecule has 0 unspecified atom stereocenters. The summed E-state index contributed by atoms with van der Waals surface area (Å²) in [5.41, 5.74) is 1.93. The summed E-state index contributed by atoms with van der Waals surface area (Å²) in [6, 6.07) is 3.69. The summed E-state index contributed by atoms with van der Waals surface area (Å²) in [5, 5.41) is 0. The average molecular weight is 194 g/mol. The van der Waals surface area contributed by atoms with Gasteiger partial charge in [-0.15, -0.1) is 0 Å². The van der Waals surface area contributed by atoms with E-state index in [9.17, 15) is 4.79 Å². The molecule has 76 valence electrons. The Balaban J connectivity index is 3.19. The van der Waals surface area contributed by atoms with Crippen molar-refractivity contribution in [1.29, 1.82) is 0 Å². The number of rotatable bonds is 4. The summed E-state index contributed by atoms with van der Waals surface area (Å²) in [6.07, 6.45) is 1.29. The fourth-order valence-electron chi connectivity index (χ4n) is 1.43. The van der Waals surface area contributed by atoms with E-state index in [-0.39, 0.29) is 0 Å². The highest BCUT2D eigenvalue weighted by Crippen LogP contribution is 2.32. The first-order valence-electron chi connectivity index (χ1n) is 4.38. The molecule has 1 rings (SSSR count). The highest BCUT2D eigenvalue weighted by atomic mass is 16.5. The number of hydrogen-bond donors (Lipinski definition) is 0. The molecule has 0 aliphatic carbocycles. The lowest BCUT2D eigenvalue weighted by Crippen LogP contribution is -1.97. The molecule has 0 saturated heterocycles. The van der Waals surface area contributed by atoms with Gasteiger partial charge in [-0.1, -0.05) is 6.07 Å². The van der Waals surface area contributed by atoms with Crippen LogP contribution in [0.4, 0.5) is 0 Å². The summed E-state index contributed by atoms with van der Waals surface area (Å²) >= 11 is 0. The van der Waals surface area contributed by atoms with E-state index in [1.54, 1.807) is 14.2 Å². The Labute approximate surface area is 83.6 Å². The summed E-state index contributed by atoms with van der Waals surface area (Å²) in [4.78, 5) is 10.4. The van der Waals surface area contributed by atoms with Crippen molar-refractivity contribution in [2.24, 2.45) is 0 Å². The Kier molecular flexibility index (Phi) is 3.51. The molecular weight excluding hydrogens is 180 g/mol. The molecule has 1 aromatic rings. The van der Waals surface area contributed by atoms with Crippen LogP contribution < -0.4 is 9.47 Å². The molecule has 0 amide bonds. The van der Waals surface area contributed by atoms with Gasteiger partial charge in [0.2, 0.25) is 0 Å². The van der Waals surface area contributed by atoms with Crippen molar-refractivity contribution in [1.82, 2.24) is 0 Å². The standard InChI is InChI=1S/C11H14O3/c1-8-9(6-7-12)4-5-10(13-2)11(8)14-3/h4-5,7H,6H2,1-3H3. The van der Waals surface area contributed by atoms with E-state index >= 15 is 0 Å². The molecule has 0 radical (unpaired) electrons. The molecule has 0 aliphatic rings. The van der Waals surface area contributed by atoms with Crippen molar-refractivity contribution >= 4 is 6.29 Å². The Morgan fingerprint density at radius 1 is 1.29 bits per heavy atom. The zero-order valence-electron chi connectivity index (χ0n) is 8.66. The quantitative estimate of drug-likeness (QED) is 0.685. The minimum atomic E-state index is 0.409. The number of aldehydes is 1. The normalized spacial score (nSPS) is 9.64. The summed E-state index contributed by atoms with van der Waals surface area (Å²) in [6.45, 7) is 1.92. The number of methoxy groups -OCH3 is 2. The van der Waals surface area contributed by atoms with Gasteiger partial charge in [0.05, 0.1) is 14.2 Å². The molecule has 0 atom stereocenters. The minimum Gasteiger partial charge on any atom is -0.493 e. The second-order valence-electron chi connectivity index (χ2n) is 2.96. The molecule has 1 aromatic carbocycles. The maximum atomic E-state index is 10.4. The molecule has 0 bridgehead atoms. The van der Waals surface area contributed by atoms with Gasteiger partial charge in [-0.05, 0) is 24.1 Å². The van der Waals surface area contributed by atoms with Crippen molar-refractivity contribution < 1.29 is 14.3 Å². The number of carbonyl (C=O) groups is 1. The number of benzene rings is 1. The predicted octanol–water partition coefficient (Wildman–Crippen LogP) is 1.75. The third kappa shape index (κ3) is 1.87. The molecule has 3 heteroatoms. The number of hydrogen-bond acceptors (Lipinski definition) is 3. The van der Waals surface area contributed by atoms with Gasteiger partial charge in [-0.2, -0.15) is 0 Å². The first-order chi connectivity index (χ1) is 6.74.